The molecule has 1 atom stereocenters. The van der Waals surface area contributed by atoms with E-state index in [4.69, 9.17) is 15.1 Å². The summed E-state index contributed by atoms with van der Waals surface area (Å²) in [6, 6.07) is 23.1. The van der Waals surface area contributed by atoms with E-state index < -0.39 is 28.6 Å². The number of carbonyl (C=O) groups excluding carboxylic acids is 1. The van der Waals surface area contributed by atoms with E-state index in [2.05, 4.69) is 10.5 Å². The first-order valence-electron chi connectivity index (χ1n) is 11.3. The molecule has 3 rings (SSSR count). The normalized spacial score (nSPS) is 11.9. The van der Waals surface area contributed by atoms with E-state index in [1.165, 1.54) is 12.1 Å². The Morgan fingerprint density at radius 2 is 1.46 bits per heavy atom. The molecule has 0 fully saturated rings. The highest BCUT2D eigenvalue weighted by Crippen LogP contribution is 2.16. The molecule has 37 heavy (non-hydrogen) atoms. The van der Waals surface area contributed by atoms with Gasteiger partial charge in [-0.15, -0.1) is 0 Å². The second kappa shape index (κ2) is 13.4. The number of benzene rings is 3. The molecule has 194 valence electrons. The average molecular weight is 508 g/mol. The summed E-state index contributed by atoms with van der Waals surface area (Å²) in [7, 11) is 0. The molecule has 0 spiro atoms. The molecule has 0 radical (unpaired) electrons. The Hall–Kier alpha value is -4.73. The zero-order chi connectivity index (χ0) is 27.4. The van der Waals surface area contributed by atoms with Gasteiger partial charge in [-0.1, -0.05) is 65.8 Å². The number of rotatable bonds is 7. The van der Waals surface area contributed by atoms with Crippen molar-refractivity contribution in [3.05, 3.63) is 112 Å². The van der Waals surface area contributed by atoms with Gasteiger partial charge in [0.25, 0.3) is 5.69 Å². The number of hydrogen-bond donors (Lipinski definition) is 3. The van der Waals surface area contributed by atoms with E-state index in [-0.39, 0.29) is 12.1 Å². The molecule has 0 saturated heterocycles. The minimum atomic E-state index is -1.09. The summed E-state index contributed by atoms with van der Waals surface area (Å²) < 4.78 is 5.04. The van der Waals surface area contributed by atoms with Crippen LogP contribution >= 0.6 is 0 Å². The highest BCUT2D eigenvalue weighted by atomic mass is 16.6. The number of ether oxygens (including phenoxy) is 1. The van der Waals surface area contributed by atoms with Crippen molar-refractivity contribution in [1.82, 2.24) is 5.32 Å². The van der Waals surface area contributed by atoms with Gasteiger partial charge in [-0.25, -0.2) is 9.59 Å². The summed E-state index contributed by atoms with van der Waals surface area (Å²) in [4.78, 5) is 32.8. The molecule has 0 aliphatic carbocycles. The number of nitro groups is 1. The van der Waals surface area contributed by atoms with Crippen molar-refractivity contribution < 1.29 is 29.6 Å². The molecule has 1 amide bonds. The van der Waals surface area contributed by atoms with E-state index in [9.17, 15) is 19.7 Å². The van der Waals surface area contributed by atoms with Crippen LogP contribution in [0.5, 0.6) is 0 Å². The van der Waals surface area contributed by atoms with Crippen LogP contribution in [0, 0.1) is 10.1 Å². The molecule has 0 unspecified atom stereocenters. The number of nitro benzene ring substituents is 1. The zero-order valence-electron chi connectivity index (χ0n) is 20.7. The van der Waals surface area contributed by atoms with E-state index in [1.54, 1.807) is 45.0 Å². The fraction of sp³-hybridized carbons (Fsp3) is 0.222. The first-order valence-corrected chi connectivity index (χ1v) is 11.3. The summed E-state index contributed by atoms with van der Waals surface area (Å²) in [6.07, 6.45) is -0.508. The van der Waals surface area contributed by atoms with Crippen LogP contribution in [0.4, 0.5) is 10.5 Å². The molecule has 0 heterocycles. The van der Waals surface area contributed by atoms with Gasteiger partial charge in [0.2, 0.25) is 0 Å². The molecular weight excluding hydrogens is 478 g/mol. The van der Waals surface area contributed by atoms with Crippen molar-refractivity contribution in [1.29, 1.82) is 0 Å². The van der Waals surface area contributed by atoms with Gasteiger partial charge in [-0.05, 0) is 38.5 Å². The van der Waals surface area contributed by atoms with E-state index in [0.717, 1.165) is 11.1 Å². The minimum absolute atomic E-state index is 0.00380. The van der Waals surface area contributed by atoms with Gasteiger partial charge in [-0.2, -0.15) is 0 Å². The molecule has 3 aromatic carbocycles. The van der Waals surface area contributed by atoms with E-state index >= 15 is 0 Å². The van der Waals surface area contributed by atoms with Crippen LogP contribution in [0.1, 0.15) is 37.5 Å². The Morgan fingerprint density at radius 1 is 0.946 bits per heavy atom. The molecule has 10 nitrogen and oxygen atoms in total. The van der Waals surface area contributed by atoms with Crippen LogP contribution in [0.25, 0.3) is 0 Å². The lowest BCUT2D eigenvalue weighted by molar-refractivity contribution is -0.384. The number of amides is 1. The topological polar surface area (TPSA) is 151 Å². The number of carboxylic acid groups (broad SMARTS) is 1. The fourth-order valence-electron chi connectivity index (χ4n) is 3.12. The van der Waals surface area contributed by atoms with Crippen LogP contribution in [-0.2, 0) is 16.0 Å². The lowest BCUT2D eigenvalue weighted by Crippen LogP contribution is -2.44. The number of nitrogens with zero attached hydrogens (tertiary/aromatic N) is 2. The number of oxime groups is 1. The largest absolute Gasteiger partial charge is 0.480 e. The second-order valence-electron chi connectivity index (χ2n) is 8.85. The average Bonchev–Trinajstić information content (AvgIpc) is 2.85. The van der Waals surface area contributed by atoms with Crippen LogP contribution in [0.3, 0.4) is 0 Å². The lowest BCUT2D eigenvalue weighted by Gasteiger charge is -2.22. The van der Waals surface area contributed by atoms with Crippen molar-refractivity contribution in [2.45, 2.75) is 38.8 Å². The first kappa shape index (κ1) is 28.5. The van der Waals surface area contributed by atoms with Gasteiger partial charge in [0.05, 0.1) is 4.92 Å². The third kappa shape index (κ3) is 9.81. The predicted molar refractivity (Wildman–Crippen MR) is 138 cm³/mol. The smallest absolute Gasteiger partial charge is 0.408 e. The van der Waals surface area contributed by atoms with Crippen molar-refractivity contribution in [3.8, 4) is 0 Å². The van der Waals surface area contributed by atoms with Gasteiger partial charge in [0, 0.05) is 29.7 Å². The van der Waals surface area contributed by atoms with Crippen LogP contribution in [0.2, 0.25) is 0 Å². The summed E-state index contributed by atoms with van der Waals surface area (Å²) in [5.74, 6) is -1.09. The maximum Gasteiger partial charge on any atom is 0.408 e. The highest BCUT2D eigenvalue weighted by molar-refractivity contribution is 6.12. The Morgan fingerprint density at radius 3 is 1.92 bits per heavy atom. The molecule has 0 aliphatic heterocycles. The number of non-ortho nitro benzene ring substituents is 1. The molecule has 0 aliphatic rings. The van der Waals surface area contributed by atoms with E-state index in [0.29, 0.717) is 11.3 Å². The fourth-order valence-corrected chi connectivity index (χ4v) is 3.12. The zero-order valence-corrected chi connectivity index (χ0v) is 20.7. The quantitative estimate of drug-likeness (QED) is 0.176. The maximum atomic E-state index is 11.6. The third-order valence-electron chi connectivity index (χ3n) is 4.77. The summed E-state index contributed by atoms with van der Waals surface area (Å²) in [6.45, 7) is 5.17. The number of carbonyl (C=O) groups is 2. The molecule has 3 N–H and O–H groups in total. The van der Waals surface area contributed by atoms with Crippen molar-refractivity contribution in [2.75, 3.05) is 0 Å². The number of alkyl carbamates (subject to hydrolysis) is 1. The summed E-state index contributed by atoms with van der Waals surface area (Å²) in [5.41, 5.74) is 1.93. The van der Waals surface area contributed by atoms with Crippen LogP contribution in [0.15, 0.2) is 90.1 Å². The molecule has 0 aromatic heterocycles. The Balaban J connectivity index is 0.000000260. The van der Waals surface area contributed by atoms with Gasteiger partial charge in [0.15, 0.2) is 0 Å². The molecule has 10 heteroatoms. The predicted octanol–water partition coefficient (Wildman–Crippen LogP) is 5.03. The number of hydrogen-bond acceptors (Lipinski definition) is 7. The highest BCUT2D eigenvalue weighted by Gasteiger charge is 2.24. The van der Waals surface area contributed by atoms with Gasteiger partial charge >= 0.3 is 12.1 Å². The Labute approximate surface area is 214 Å². The molecule has 3 aromatic rings. The summed E-state index contributed by atoms with van der Waals surface area (Å²) >= 11 is 0. The lowest BCUT2D eigenvalue weighted by atomic mass is 10.0. The van der Waals surface area contributed by atoms with Crippen molar-refractivity contribution >= 4 is 23.5 Å². The first-order chi connectivity index (χ1) is 17.5. The number of carboxylic acids is 1. The number of aliphatic carboxylic acids is 1. The van der Waals surface area contributed by atoms with Crippen LogP contribution in [-0.4, -0.2) is 44.7 Å². The molecular formula is C27H29N3O7. The van der Waals surface area contributed by atoms with E-state index in [1.807, 2.05) is 48.5 Å². The SMILES string of the molecule is CC(C)(C)OC(=O)N[C@@H](Cc1ccccc1)C(=O)O.O=[N+]([O-])c1ccc(/C(=N/O)c2ccccc2)cc1. The minimum Gasteiger partial charge on any atom is -0.480 e. The third-order valence-corrected chi connectivity index (χ3v) is 4.77. The monoisotopic (exact) mass is 507 g/mol. The second-order valence-corrected chi connectivity index (χ2v) is 8.85. The Bertz CT molecular complexity index is 1210. The Kier molecular flexibility index (Phi) is 10.3. The maximum absolute atomic E-state index is 11.6. The van der Waals surface area contributed by atoms with Gasteiger partial charge < -0.3 is 20.4 Å². The van der Waals surface area contributed by atoms with Crippen molar-refractivity contribution in [2.24, 2.45) is 5.16 Å². The molecule has 0 saturated carbocycles. The molecule has 0 bridgehead atoms. The van der Waals surface area contributed by atoms with Gasteiger partial charge in [0.1, 0.15) is 17.4 Å². The van der Waals surface area contributed by atoms with Gasteiger partial charge in [-0.3, -0.25) is 10.1 Å². The van der Waals surface area contributed by atoms with Crippen molar-refractivity contribution in [3.63, 3.8) is 0 Å². The summed E-state index contributed by atoms with van der Waals surface area (Å²) in [5, 5.41) is 34.3. The standard InChI is InChI=1S/C14H19NO4.C13H10N2O3/c1-14(2,3)19-13(18)15-11(12(16)17)9-10-7-5-4-6-8-10;16-14-13(10-4-2-1-3-5-10)11-6-8-12(9-7-11)15(17)18/h4-8,11H,9H2,1-3H3,(H,15,18)(H,16,17);1-9,16H/b;14-13+/t11-;/m0./s1. The number of nitrogens with one attached hydrogen (secondary N) is 1. The van der Waals surface area contributed by atoms with Crippen LogP contribution < -0.4 is 5.32 Å².